The summed E-state index contributed by atoms with van der Waals surface area (Å²) in [7, 11) is 0. The van der Waals surface area contributed by atoms with Crippen LogP contribution in [-0.2, 0) is 15.5 Å². The Labute approximate surface area is 32.5 Å². The van der Waals surface area contributed by atoms with E-state index in [-0.39, 0.29) is 11.1 Å². The quantitative estimate of drug-likeness (QED) is 0.416. The molecule has 0 aliphatic rings. The molecule has 2 nitrogen and oxygen atoms in total. The van der Waals surface area contributed by atoms with Crippen molar-refractivity contribution in [3.63, 3.8) is 0 Å². The molecule has 0 aromatic heterocycles. The maximum absolute atomic E-state index is 7.40. The van der Waals surface area contributed by atoms with Crippen molar-refractivity contribution in [2.45, 2.75) is 0 Å². The van der Waals surface area contributed by atoms with E-state index in [9.17, 15) is 0 Å². The van der Waals surface area contributed by atoms with Gasteiger partial charge in [0.2, 0.25) is 0 Å². The van der Waals surface area contributed by atoms with Crippen molar-refractivity contribution >= 4 is 0 Å². The number of hydrogen-bond donors (Lipinski definition) is 1. The number of aliphatic hydroxyl groups is 1. The second-order valence-electron chi connectivity index (χ2n) is 0.100. The van der Waals surface area contributed by atoms with Crippen LogP contribution in [0.15, 0.2) is 0 Å². The van der Waals surface area contributed by atoms with Gasteiger partial charge >= 0.3 is 26.1 Å². The first-order valence-electron chi connectivity index (χ1n) is 0.540. The van der Waals surface area contributed by atoms with Crippen LogP contribution in [0.3, 0.4) is 0 Å². The third-order valence-electron chi connectivity index (χ3n) is 0. The fourth-order valence-corrected chi connectivity index (χ4v) is 0. The zero-order valence-electron chi connectivity index (χ0n) is 1.92. The average molecular weight is 107 g/mol. The van der Waals surface area contributed by atoms with Crippen LogP contribution in [0.4, 0.5) is 0 Å². The molecule has 0 aromatic rings. The summed E-state index contributed by atoms with van der Waals surface area (Å²) < 4.78 is 0. The van der Waals surface area contributed by atoms with Gasteiger partial charge in [0.25, 0.3) is 0 Å². The Bertz CT molecular complexity index is 6.00. The molecule has 0 aliphatic carbocycles. The first-order chi connectivity index (χ1) is 1.41. The zero-order valence-corrected chi connectivity index (χ0v) is 2.91. The molecule has 0 amide bonds. The van der Waals surface area contributed by atoms with Crippen molar-refractivity contribution < 1.29 is 26.0 Å². The average Bonchev–Trinajstić information content (AvgIpc) is 0.918. The topological polar surface area (TPSA) is 50.2 Å². The molecule has 3 heteroatoms. The molecule has 0 rings (SSSR count). The van der Waals surface area contributed by atoms with Crippen LogP contribution in [-0.4, -0.2) is 16.2 Å². The summed E-state index contributed by atoms with van der Waals surface area (Å²) in [6.07, 6.45) is 0. The summed E-state index contributed by atoms with van der Waals surface area (Å²) in [5.74, 6) is 0. The number of hydrogen-bond acceptors (Lipinski definition) is 2. The maximum Gasteiger partial charge on any atom is -0.870 e. The standard InChI is InChI=1S/CH3O.Ni.H2O/c1-2;;/h2H,1H2;;1H2/q;+1;/p-1. The Morgan fingerprint density at radius 1 is 1.75 bits per heavy atom. The van der Waals surface area contributed by atoms with Crippen molar-refractivity contribution in [3.05, 3.63) is 0 Å². The minimum Gasteiger partial charge on any atom is -0.870 e. The van der Waals surface area contributed by atoms with Gasteiger partial charge in [-0.3, -0.25) is 0 Å². The van der Waals surface area contributed by atoms with E-state index in [4.69, 9.17) is 5.11 Å². The van der Waals surface area contributed by atoms with Gasteiger partial charge in [-0.25, -0.2) is 0 Å². The monoisotopic (exact) mass is 106 g/mol. The predicted molar refractivity (Wildman–Crippen MR) is 9.02 cm³/mol. The van der Waals surface area contributed by atoms with E-state index in [1.807, 2.05) is 0 Å². The molecular weight excluding hydrogens is 103 g/mol. The molecule has 0 fully saturated rings. The first-order valence-corrected chi connectivity index (χ1v) is 1.24. The van der Waals surface area contributed by atoms with E-state index in [0.29, 0.717) is 0 Å². The van der Waals surface area contributed by atoms with Gasteiger partial charge in [0.1, 0.15) is 0 Å². The van der Waals surface area contributed by atoms with Gasteiger partial charge in [-0.05, 0) is 0 Å². The first kappa shape index (κ1) is 8.83. The molecule has 0 atom stereocenters. The van der Waals surface area contributed by atoms with Crippen LogP contribution in [0.1, 0.15) is 0 Å². The van der Waals surface area contributed by atoms with E-state index in [1.165, 1.54) is 0 Å². The second kappa shape index (κ2) is 9.95. The fraction of sp³-hybridized carbons (Fsp3) is 1.00. The molecule has 0 unspecified atom stereocenters. The van der Waals surface area contributed by atoms with E-state index < -0.39 is 0 Å². The molecule has 0 aliphatic heterocycles. The molecule has 0 saturated carbocycles. The summed E-state index contributed by atoms with van der Waals surface area (Å²) in [5, 5.41) is 7.40. The van der Waals surface area contributed by atoms with E-state index >= 15 is 0 Å². The number of aliphatic hydroxyl groups excluding tert-OH is 1. The van der Waals surface area contributed by atoms with E-state index in [1.54, 1.807) is 0 Å². The zero-order chi connectivity index (χ0) is 2.71. The molecule has 4 heavy (non-hydrogen) atoms. The Morgan fingerprint density at radius 2 is 1.75 bits per heavy atom. The van der Waals surface area contributed by atoms with Crippen molar-refractivity contribution in [2.75, 3.05) is 5.58 Å². The SMILES string of the molecule is O[CH2][Ni+].[OH-]. The van der Waals surface area contributed by atoms with Gasteiger partial charge < -0.3 is 5.48 Å². The third-order valence-corrected chi connectivity index (χ3v) is 0. The van der Waals surface area contributed by atoms with E-state index in [0.717, 1.165) is 0 Å². The van der Waals surface area contributed by atoms with Crippen molar-refractivity contribution in [1.82, 2.24) is 0 Å². The predicted octanol–water partition coefficient (Wildman–Crippen LogP) is -0.694. The van der Waals surface area contributed by atoms with Crippen LogP contribution in [0.25, 0.3) is 0 Å². The molecule has 0 saturated heterocycles. The molecule has 0 heterocycles. The largest absolute Gasteiger partial charge is 0.870 e. The van der Waals surface area contributed by atoms with Crippen molar-refractivity contribution in [3.8, 4) is 0 Å². The van der Waals surface area contributed by atoms with Crippen LogP contribution in [0.5, 0.6) is 0 Å². The Balaban J connectivity index is 0. The van der Waals surface area contributed by atoms with Gasteiger partial charge in [-0.2, -0.15) is 0 Å². The normalized spacial score (nSPS) is 4.75. The molecular formula is CH4NiO2. The van der Waals surface area contributed by atoms with E-state index in [2.05, 4.69) is 15.5 Å². The minimum atomic E-state index is -0.125. The summed E-state index contributed by atoms with van der Waals surface area (Å²) in [6, 6.07) is 0. The Hall–Kier alpha value is 0.414. The molecule has 0 aromatic carbocycles. The molecule has 0 spiro atoms. The van der Waals surface area contributed by atoms with Gasteiger partial charge in [0, 0.05) is 0 Å². The van der Waals surface area contributed by atoms with Crippen molar-refractivity contribution in [1.29, 1.82) is 0 Å². The molecule has 30 valence electrons. The van der Waals surface area contributed by atoms with Gasteiger partial charge in [0.05, 0.1) is 0 Å². The molecule has 2 N–H and O–H groups in total. The summed E-state index contributed by atoms with van der Waals surface area (Å²) in [5.41, 5.74) is -0.125. The number of rotatable bonds is 0. The third kappa shape index (κ3) is 28.2. The smallest absolute Gasteiger partial charge is 0.870 e. The summed E-state index contributed by atoms with van der Waals surface area (Å²) in [6.45, 7) is 0. The van der Waals surface area contributed by atoms with Gasteiger partial charge in [-0.15, -0.1) is 0 Å². The van der Waals surface area contributed by atoms with Crippen LogP contribution < -0.4 is 0 Å². The fourth-order valence-electron chi connectivity index (χ4n) is 0. The second-order valence-corrected chi connectivity index (χ2v) is 0.412. The van der Waals surface area contributed by atoms with Crippen LogP contribution >= 0.6 is 0 Å². The Kier molecular flexibility index (Phi) is 22.0. The Morgan fingerprint density at radius 3 is 1.75 bits per heavy atom. The summed E-state index contributed by atoms with van der Waals surface area (Å²) >= 11 is 3.72. The summed E-state index contributed by atoms with van der Waals surface area (Å²) in [4.78, 5) is 0. The molecule has 0 radical (unpaired) electrons. The van der Waals surface area contributed by atoms with Gasteiger partial charge in [0.15, 0.2) is 0 Å². The van der Waals surface area contributed by atoms with Gasteiger partial charge in [-0.1, -0.05) is 0 Å². The molecule has 0 bridgehead atoms. The van der Waals surface area contributed by atoms with Crippen LogP contribution in [0, 0.1) is 0 Å². The van der Waals surface area contributed by atoms with Crippen LogP contribution in [0.2, 0.25) is 0 Å². The van der Waals surface area contributed by atoms with Crippen molar-refractivity contribution in [2.24, 2.45) is 0 Å². The maximum atomic E-state index is 7.40. The minimum absolute atomic E-state index is 0.